The van der Waals surface area contributed by atoms with Gasteiger partial charge in [0.15, 0.2) is 0 Å². The molecule has 11 nitrogen and oxygen atoms in total. The fourth-order valence-corrected chi connectivity index (χ4v) is 4.78. The Hall–Kier alpha value is -4.80. The zero-order valence-electron chi connectivity index (χ0n) is 21.1. The number of piperidine rings is 1. The number of nitrogens with one attached hydrogen (secondary N) is 1. The molecule has 0 spiro atoms. The second-order valence-corrected chi connectivity index (χ2v) is 9.37. The number of imidazole rings is 1. The summed E-state index contributed by atoms with van der Waals surface area (Å²) in [4.78, 5) is 47.3. The third-order valence-corrected chi connectivity index (χ3v) is 6.83. The number of benzene rings is 1. The highest BCUT2D eigenvalue weighted by Gasteiger charge is 2.30. The average molecular weight is 514 g/mol. The van der Waals surface area contributed by atoms with E-state index in [4.69, 9.17) is 4.98 Å². The van der Waals surface area contributed by atoms with Crippen molar-refractivity contribution in [1.82, 2.24) is 24.0 Å². The Morgan fingerprint density at radius 2 is 1.84 bits per heavy atom. The highest BCUT2D eigenvalue weighted by atomic mass is 16.6. The molecule has 0 unspecified atom stereocenters. The van der Waals surface area contributed by atoms with Gasteiger partial charge in [-0.15, -0.1) is 0 Å². The minimum absolute atomic E-state index is 0.00562. The summed E-state index contributed by atoms with van der Waals surface area (Å²) in [6, 6.07) is 12.4. The topological polar surface area (TPSA) is 128 Å². The number of aromatic nitrogens is 4. The van der Waals surface area contributed by atoms with Gasteiger partial charge in [0.25, 0.3) is 17.5 Å². The maximum atomic E-state index is 13.3. The molecular formula is C27H27N7O4. The van der Waals surface area contributed by atoms with Crippen LogP contribution in [0.3, 0.4) is 0 Å². The van der Waals surface area contributed by atoms with Crippen molar-refractivity contribution >= 4 is 23.2 Å². The van der Waals surface area contributed by atoms with Crippen molar-refractivity contribution in [3.8, 4) is 5.69 Å². The van der Waals surface area contributed by atoms with E-state index in [-0.39, 0.29) is 29.1 Å². The van der Waals surface area contributed by atoms with Gasteiger partial charge in [0.1, 0.15) is 5.69 Å². The lowest BCUT2D eigenvalue weighted by Gasteiger charge is -2.32. The summed E-state index contributed by atoms with van der Waals surface area (Å²) in [6.45, 7) is 2.82. The molecule has 0 radical (unpaired) electrons. The minimum Gasteiger partial charge on any atom is -0.340 e. The summed E-state index contributed by atoms with van der Waals surface area (Å²) in [7, 11) is 1.62. The number of carbonyl (C=O) groups is 2. The van der Waals surface area contributed by atoms with Gasteiger partial charge in [-0.25, -0.2) is 4.98 Å². The first-order valence-corrected chi connectivity index (χ1v) is 12.3. The number of anilines is 1. The van der Waals surface area contributed by atoms with Crippen LogP contribution in [-0.2, 0) is 7.05 Å². The van der Waals surface area contributed by atoms with Crippen LogP contribution in [0.15, 0.2) is 67.4 Å². The molecule has 1 fully saturated rings. The molecule has 3 aromatic heterocycles. The number of amides is 2. The largest absolute Gasteiger partial charge is 0.340 e. The van der Waals surface area contributed by atoms with E-state index in [2.05, 4.69) is 10.3 Å². The maximum Gasteiger partial charge on any atom is 0.287 e. The molecule has 1 saturated heterocycles. The lowest BCUT2D eigenvalue weighted by Crippen LogP contribution is -2.39. The van der Waals surface area contributed by atoms with Crippen molar-refractivity contribution in [2.45, 2.75) is 25.7 Å². The van der Waals surface area contributed by atoms with E-state index in [1.807, 2.05) is 48.0 Å². The number of likely N-dealkylation sites (tertiary alicyclic amines) is 1. The van der Waals surface area contributed by atoms with E-state index in [1.54, 1.807) is 30.5 Å². The smallest absolute Gasteiger partial charge is 0.287 e. The number of nitro groups is 1. The number of rotatable bonds is 6. The first-order chi connectivity index (χ1) is 18.3. The van der Waals surface area contributed by atoms with Crippen molar-refractivity contribution in [3.63, 3.8) is 0 Å². The summed E-state index contributed by atoms with van der Waals surface area (Å²) >= 11 is 0. The Kier molecular flexibility index (Phi) is 6.73. The van der Waals surface area contributed by atoms with Crippen LogP contribution in [0.25, 0.3) is 5.69 Å². The third kappa shape index (κ3) is 5.03. The van der Waals surface area contributed by atoms with Crippen LogP contribution in [0.4, 0.5) is 11.4 Å². The van der Waals surface area contributed by atoms with Crippen molar-refractivity contribution < 1.29 is 14.5 Å². The Labute approximate surface area is 218 Å². The molecule has 0 aliphatic carbocycles. The van der Waals surface area contributed by atoms with Crippen LogP contribution in [0, 0.1) is 17.0 Å². The van der Waals surface area contributed by atoms with Crippen LogP contribution in [0.5, 0.6) is 0 Å². The first kappa shape index (κ1) is 24.9. The summed E-state index contributed by atoms with van der Waals surface area (Å²) in [5, 5.41) is 14.1. The number of hydrogen-bond acceptors (Lipinski definition) is 6. The van der Waals surface area contributed by atoms with Gasteiger partial charge in [0, 0.05) is 61.6 Å². The summed E-state index contributed by atoms with van der Waals surface area (Å²) < 4.78 is 3.36. The Balaban J connectivity index is 1.28. The van der Waals surface area contributed by atoms with Crippen molar-refractivity contribution in [1.29, 1.82) is 0 Å². The maximum absolute atomic E-state index is 13.3. The van der Waals surface area contributed by atoms with E-state index in [0.29, 0.717) is 37.2 Å². The Bertz CT molecular complexity index is 1480. The molecule has 0 bridgehead atoms. The molecule has 0 saturated carbocycles. The van der Waals surface area contributed by atoms with E-state index in [1.165, 1.54) is 16.8 Å². The molecule has 5 rings (SSSR count). The zero-order chi connectivity index (χ0) is 26.8. The van der Waals surface area contributed by atoms with Crippen molar-refractivity contribution in [2.75, 3.05) is 18.4 Å². The van der Waals surface area contributed by atoms with Crippen LogP contribution < -0.4 is 5.32 Å². The Morgan fingerprint density at radius 1 is 1.11 bits per heavy atom. The quantitative estimate of drug-likeness (QED) is 0.305. The molecule has 1 aliphatic heterocycles. The second-order valence-electron chi connectivity index (χ2n) is 9.37. The van der Waals surface area contributed by atoms with Gasteiger partial charge in [-0.05, 0) is 56.2 Å². The third-order valence-electron chi connectivity index (χ3n) is 6.83. The fourth-order valence-electron chi connectivity index (χ4n) is 4.78. The van der Waals surface area contributed by atoms with Gasteiger partial charge in [0.05, 0.1) is 28.7 Å². The molecule has 4 heterocycles. The molecule has 4 aromatic rings. The molecule has 194 valence electrons. The minimum atomic E-state index is -0.507. The van der Waals surface area contributed by atoms with E-state index in [9.17, 15) is 19.7 Å². The molecule has 1 N–H and O–H groups in total. The molecule has 11 heteroatoms. The van der Waals surface area contributed by atoms with Crippen LogP contribution >= 0.6 is 0 Å². The highest BCUT2D eigenvalue weighted by molar-refractivity contribution is 6.05. The SMILES string of the molecule is Cc1ccc(C(=O)Nc2ccc(-n3ccnc3)cc2)c(C2CCN(C(=O)c3cc([N+](=O)[O-])cn3C)CC2)n1. The first-order valence-electron chi connectivity index (χ1n) is 12.3. The molecule has 2 amide bonds. The van der Waals surface area contributed by atoms with Gasteiger partial charge in [-0.1, -0.05) is 0 Å². The number of pyridine rings is 1. The van der Waals surface area contributed by atoms with Crippen LogP contribution in [0.1, 0.15) is 51.0 Å². The Morgan fingerprint density at radius 3 is 2.47 bits per heavy atom. The lowest BCUT2D eigenvalue weighted by molar-refractivity contribution is -0.384. The summed E-state index contributed by atoms with van der Waals surface area (Å²) in [5.74, 6) is -0.475. The number of hydrogen-bond donors (Lipinski definition) is 1. The van der Waals surface area contributed by atoms with Gasteiger partial charge in [0.2, 0.25) is 0 Å². The van der Waals surface area contributed by atoms with Gasteiger partial charge in [-0.2, -0.15) is 0 Å². The average Bonchev–Trinajstić information content (AvgIpc) is 3.59. The zero-order valence-corrected chi connectivity index (χ0v) is 21.1. The fraction of sp³-hybridized carbons (Fsp3) is 0.259. The molecule has 38 heavy (non-hydrogen) atoms. The standard InChI is InChI=1S/C27H27N7O4/c1-18-3-8-23(26(35)30-20-4-6-21(7-5-20)33-14-11-28-17-33)25(29-18)19-9-12-32(13-10-19)27(36)24-15-22(34(37)38)16-31(24)2/h3-8,11,14-17,19H,9-10,12-13H2,1-2H3,(H,30,35). The van der Waals surface area contributed by atoms with E-state index < -0.39 is 4.92 Å². The molecule has 1 aromatic carbocycles. The normalized spacial score (nSPS) is 13.9. The highest BCUT2D eigenvalue weighted by Crippen LogP contribution is 2.31. The van der Waals surface area contributed by atoms with Gasteiger partial charge < -0.3 is 19.4 Å². The van der Waals surface area contributed by atoms with Crippen LogP contribution in [0.2, 0.25) is 0 Å². The number of carbonyl (C=O) groups excluding carboxylic acids is 2. The van der Waals surface area contributed by atoms with Gasteiger partial charge >= 0.3 is 0 Å². The van der Waals surface area contributed by atoms with E-state index in [0.717, 1.165) is 17.1 Å². The van der Waals surface area contributed by atoms with E-state index >= 15 is 0 Å². The summed E-state index contributed by atoms with van der Waals surface area (Å²) in [6.07, 6.45) is 7.87. The monoisotopic (exact) mass is 513 g/mol. The van der Waals surface area contributed by atoms with Crippen LogP contribution in [-0.4, -0.2) is 53.8 Å². The second kappa shape index (κ2) is 10.3. The predicted octanol–water partition coefficient (Wildman–Crippen LogP) is 4.09. The number of aryl methyl sites for hydroxylation is 2. The molecule has 0 atom stereocenters. The van der Waals surface area contributed by atoms with Crippen molar-refractivity contribution in [2.24, 2.45) is 7.05 Å². The molecular weight excluding hydrogens is 486 g/mol. The van der Waals surface area contributed by atoms with Gasteiger partial charge in [-0.3, -0.25) is 24.7 Å². The van der Waals surface area contributed by atoms with Crippen molar-refractivity contribution in [3.05, 3.63) is 100 Å². The number of nitrogens with zero attached hydrogens (tertiary/aromatic N) is 6. The predicted molar refractivity (Wildman–Crippen MR) is 140 cm³/mol. The molecule has 1 aliphatic rings. The summed E-state index contributed by atoms with van der Waals surface area (Å²) in [5.41, 5.74) is 3.82. The lowest BCUT2D eigenvalue weighted by atomic mass is 9.89.